The van der Waals surface area contributed by atoms with E-state index in [1.54, 1.807) is 12.1 Å². The average Bonchev–Trinajstić information content (AvgIpc) is 2.50. The second kappa shape index (κ2) is 7.94. The van der Waals surface area contributed by atoms with Crippen LogP contribution in [0.5, 0.6) is 0 Å². The standard InChI is InChI=1S/C17H17BrFNO2/c1-12(9-14-7-8-16(19)15(18)10-14)20-17(21)22-11-13-5-3-2-4-6-13/h2-8,10,12H,9,11H2,1H3,(H,20,21). The second-order valence-electron chi connectivity index (χ2n) is 5.06. The minimum Gasteiger partial charge on any atom is -0.445 e. The molecule has 5 heteroatoms. The molecule has 0 saturated heterocycles. The molecule has 2 aromatic carbocycles. The van der Waals surface area contributed by atoms with E-state index in [0.29, 0.717) is 10.9 Å². The van der Waals surface area contributed by atoms with E-state index in [9.17, 15) is 9.18 Å². The molecule has 0 radical (unpaired) electrons. The van der Waals surface area contributed by atoms with Crippen molar-refractivity contribution >= 4 is 22.0 Å². The van der Waals surface area contributed by atoms with E-state index < -0.39 is 6.09 Å². The largest absolute Gasteiger partial charge is 0.445 e. The lowest BCUT2D eigenvalue weighted by Crippen LogP contribution is -2.34. The maximum absolute atomic E-state index is 13.2. The number of benzene rings is 2. The van der Waals surface area contributed by atoms with E-state index in [-0.39, 0.29) is 18.5 Å². The average molecular weight is 366 g/mol. The molecule has 116 valence electrons. The van der Waals surface area contributed by atoms with Gasteiger partial charge in [0.1, 0.15) is 12.4 Å². The van der Waals surface area contributed by atoms with E-state index in [1.165, 1.54) is 6.07 Å². The van der Waals surface area contributed by atoms with Gasteiger partial charge in [0.15, 0.2) is 0 Å². The zero-order chi connectivity index (χ0) is 15.9. The fourth-order valence-corrected chi connectivity index (χ4v) is 2.46. The van der Waals surface area contributed by atoms with Crippen LogP contribution < -0.4 is 5.32 Å². The van der Waals surface area contributed by atoms with E-state index in [4.69, 9.17) is 4.74 Å². The van der Waals surface area contributed by atoms with Crippen molar-refractivity contribution in [3.05, 3.63) is 69.9 Å². The Hall–Kier alpha value is -1.88. The molecule has 1 atom stereocenters. The Bertz CT molecular complexity index is 634. The van der Waals surface area contributed by atoms with Crippen molar-refractivity contribution in [1.29, 1.82) is 0 Å². The molecule has 22 heavy (non-hydrogen) atoms. The van der Waals surface area contributed by atoms with Gasteiger partial charge in [0.05, 0.1) is 4.47 Å². The summed E-state index contributed by atoms with van der Waals surface area (Å²) < 4.78 is 18.8. The minimum absolute atomic E-state index is 0.111. The summed E-state index contributed by atoms with van der Waals surface area (Å²) in [7, 11) is 0. The van der Waals surface area contributed by atoms with Crippen LogP contribution in [0.1, 0.15) is 18.1 Å². The Labute approximate surface area is 137 Å². The lowest BCUT2D eigenvalue weighted by atomic mass is 10.1. The number of alkyl carbamates (subject to hydrolysis) is 1. The number of hydrogen-bond acceptors (Lipinski definition) is 2. The van der Waals surface area contributed by atoms with Crippen LogP contribution in [0.3, 0.4) is 0 Å². The molecular formula is C17H17BrFNO2. The summed E-state index contributed by atoms with van der Waals surface area (Å²) in [6, 6.07) is 14.2. The van der Waals surface area contributed by atoms with Crippen LogP contribution in [0.25, 0.3) is 0 Å². The highest BCUT2D eigenvalue weighted by Gasteiger charge is 2.10. The first kappa shape index (κ1) is 16.5. The molecule has 0 aromatic heterocycles. The number of carbonyl (C=O) groups excluding carboxylic acids is 1. The molecule has 1 amide bonds. The maximum Gasteiger partial charge on any atom is 0.407 e. The fourth-order valence-electron chi connectivity index (χ4n) is 2.04. The van der Waals surface area contributed by atoms with Crippen LogP contribution in [0.2, 0.25) is 0 Å². The SMILES string of the molecule is CC(Cc1ccc(F)c(Br)c1)NC(=O)OCc1ccccc1. The molecule has 0 bridgehead atoms. The Morgan fingerprint density at radius 1 is 1.23 bits per heavy atom. The van der Waals surface area contributed by atoms with Gasteiger partial charge < -0.3 is 10.1 Å². The van der Waals surface area contributed by atoms with Crippen LogP contribution in [0.4, 0.5) is 9.18 Å². The molecule has 1 N–H and O–H groups in total. The first-order chi connectivity index (χ1) is 10.5. The number of amides is 1. The van der Waals surface area contributed by atoms with Gasteiger partial charge >= 0.3 is 6.09 Å². The van der Waals surface area contributed by atoms with Gasteiger partial charge in [-0.2, -0.15) is 0 Å². The number of nitrogens with one attached hydrogen (secondary N) is 1. The third-order valence-electron chi connectivity index (χ3n) is 3.10. The van der Waals surface area contributed by atoms with Crippen LogP contribution in [-0.2, 0) is 17.8 Å². The zero-order valence-corrected chi connectivity index (χ0v) is 13.8. The summed E-state index contributed by atoms with van der Waals surface area (Å²) in [5.41, 5.74) is 1.87. The van der Waals surface area contributed by atoms with E-state index in [1.807, 2.05) is 37.3 Å². The Morgan fingerprint density at radius 2 is 1.95 bits per heavy atom. The molecule has 1 unspecified atom stereocenters. The van der Waals surface area contributed by atoms with Crippen molar-refractivity contribution in [1.82, 2.24) is 5.32 Å². The van der Waals surface area contributed by atoms with Gasteiger partial charge in [-0.05, 0) is 52.5 Å². The third-order valence-corrected chi connectivity index (χ3v) is 3.71. The summed E-state index contributed by atoms with van der Waals surface area (Å²) in [5.74, 6) is -0.299. The van der Waals surface area contributed by atoms with Gasteiger partial charge in [0.2, 0.25) is 0 Å². The van der Waals surface area contributed by atoms with Gasteiger partial charge in [-0.1, -0.05) is 36.4 Å². The van der Waals surface area contributed by atoms with Crippen molar-refractivity contribution in [2.75, 3.05) is 0 Å². The zero-order valence-electron chi connectivity index (χ0n) is 12.2. The molecule has 0 fully saturated rings. The first-order valence-corrected chi connectivity index (χ1v) is 7.75. The molecule has 0 aliphatic heterocycles. The number of hydrogen-bond donors (Lipinski definition) is 1. The van der Waals surface area contributed by atoms with E-state index in [0.717, 1.165) is 11.1 Å². The van der Waals surface area contributed by atoms with Crippen LogP contribution in [-0.4, -0.2) is 12.1 Å². The van der Waals surface area contributed by atoms with E-state index in [2.05, 4.69) is 21.2 Å². The van der Waals surface area contributed by atoms with Gasteiger partial charge in [-0.3, -0.25) is 0 Å². The lowest BCUT2D eigenvalue weighted by Gasteiger charge is -2.14. The van der Waals surface area contributed by atoms with Crippen molar-refractivity contribution < 1.29 is 13.9 Å². The fraction of sp³-hybridized carbons (Fsp3) is 0.235. The highest BCUT2D eigenvalue weighted by atomic mass is 79.9. The molecule has 0 aliphatic rings. The summed E-state index contributed by atoms with van der Waals surface area (Å²) in [5, 5.41) is 2.76. The van der Waals surface area contributed by atoms with Gasteiger partial charge in [-0.25, -0.2) is 9.18 Å². The summed E-state index contributed by atoms with van der Waals surface area (Å²) >= 11 is 3.15. The predicted octanol–water partition coefficient (Wildman–Crippen LogP) is 4.45. The van der Waals surface area contributed by atoms with Gasteiger partial charge in [0, 0.05) is 6.04 Å². The number of ether oxygens (including phenoxy) is 1. The highest BCUT2D eigenvalue weighted by molar-refractivity contribution is 9.10. The minimum atomic E-state index is -0.461. The maximum atomic E-state index is 13.2. The van der Waals surface area contributed by atoms with Crippen molar-refractivity contribution in [2.24, 2.45) is 0 Å². The Kier molecular flexibility index (Phi) is 5.95. The smallest absolute Gasteiger partial charge is 0.407 e. The van der Waals surface area contributed by atoms with Crippen molar-refractivity contribution in [3.8, 4) is 0 Å². The highest BCUT2D eigenvalue weighted by Crippen LogP contribution is 2.17. The van der Waals surface area contributed by atoms with Crippen LogP contribution in [0.15, 0.2) is 53.0 Å². The third kappa shape index (κ3) is 5.15. The quantitative estimate of drug-likeness (QED) is 0.849. The molecule has 3 nitrogen and oxygen atoms in total. The van der Waals surface area contributed by atoms with Crippen molar-refractivity contribution in [2.45, 2.75) is 26.0 Å². The molecule has 0 heterocycles. The predicted molar refractivity (Wildman–Crippen MR) is 87.0 cm³/mol. The summed E-state index contributed by atoms with van der Waals surface area (Å²) in [4.78, 5) is 11.7. The normalized spacial score (nSPS) is 11.8. The molecular weight excluding hydrogens is 349 g/mol. The number of halogens is 2. The lowest BCUT2D eigenvalue weighted by molar-refractivity contribution is 0.136. The monoisotopic (exact) mass is 365 g/mol. The van der Waals surface area contributed by atoms with E-state index >= 15 is 0 Å². The van der Waals surface area contributed by atoms with Gasteiger partial charge in [0.25, 0.3) is 0 Å². The topological polar surface area (TPSA) is 38.3 Å². The van der Waals surface area contributed by atoms with Gasteiger partial charge in [-0.15, -0.1) is 0 Å². The molecule has 0 saturated carbocycles. The van der Waals surface area contributed by atoms with Crippen LogP contribution in [0, 0.1) is 5.82 Å². The second-order valence-corrected chi connectivity index (χ2v) is 5.91. The molecule has 0 aliphatic carbocycles. The Morgan fingerprint density at radius 3 is 2.64 bits per heavy atom. The summed E-state index contributed by atoms with van der Waals surface area (Å²) in [6.07, 6.45) is 0.136. The number of carbonyl (C=O) groups is 1. The first-order valence-electron chi connectivity index (χ1n) is 6.95. The van der Waals surface area contributed by atoms with Crippen molar-refractivity contribution in [3.63, 3.8) is 0 Å². The molecule has 2 aromatic rings. The number of rotatable bonds is 5. The Balaban J connectivity index is 1.79. The molecule has 0 spiro atoms. The van der Waals surface area contributed by atoms with Crippen LogP contribution >= 0.6 is 15.9 Å². The summed E-state index contributed by atoms with van der Waals surface area (Å²) in [6.45, 7) is 2.11. The molecule has 2 rings (SSSR count).